The average molecular weight is 218 g/mol. The molecular weight excluding hydrogens is 214 g/mol. The Kier molecular flexibility index (Phi) is 2.11. The molecule has 0 saturated heterocycles. The van der Waals surface area contributed by atoms with Crippen LogP contribution >= 0.6 is 0 Å². The molecular formula is C7H4F6O. The minimum atomic E-state index is -5.13. The molecule has 1 saturated carbocycles. The zero-order chi connectivity index (χ0) is 11.2. The number of aliphatic hydroxyl groups is 1. The van der Waals surface area contributed by atoms with Gasteiger partial charge < -0.3 is 5.11 Å². The van der Waals surface area contributed by atoms with Crippen molar-refractivity contribution in [3.05, 3.63) is 18.1 Å². The van der Waals surface area contributed by atoms with Gasteiger partial charge in [0.15, 0.2) is 0 Å². The van der Waals surface area contributed by atoms with Crippen molar-refractivity contribution < 1.29 is 31.4 Å². The molecule has 0 spiro atoms. The van der Waals surface area contributed by atoms with Crippen LogP contribution in [0.15, 0.2) is 18.1 Å². The van der Waals surface area contributed by atoms with Crippen molar-refractivity contribution in [3.63, 3.8) is 0 Å². The molecule has 2 unspecified atom stereocenters. The van der Waals surface area contributed by atoms with E-state index < -0.39 is 23.7 Å². The van der Waals surface area contributed by atoms with Crippen LogP contribution in [0.1, 0.15) is 0 Å². The lowest BCUT2D eigenvalue weighted by molar-refractivity contribution is -0.379. The highest BCUT2D eigenvalue weighted by molar-refractivity contribution is 5.30. The number of aliphatic hydroxyl groups excluding tert-OH is 1. The molecule has 1 aliphatic rings. The summed E-state index contributed by atoms with van der Waals surface area (Å²) in [5.74, 6) is -10.2. The maximum absolute atomic E-state index is 12.9. The molecule has 1 nitrogen and oxygen atoms in total. The lowest BCUT2D eigenvalue weighted by Gasteiger charge is -2.49. The van der Waals surface area contributed by atoms with E-state index in [0.29, 0.717) is 0 Å². The van der Waals surface area contributed by atoms with E-state index >= 15 is 0 Å². The number of halogens is 6. The third-order valence-corrected chi connectivity index (χ3v) is 1.95. The van der Waals surface area contributed by atoms with Crippen LogP contribution in [-0.4, -0.2) is 28.8 Å². The summed E-state index contributed by atoms with van der Waals surface area (Å²) in [5, 5.41) is 7.95. The molecule has 0 heterocycles. The van der Waals surface area contributed by atoms with E-state index in [4.69, 9.17) is 5.11 Å². The number of alkyl halides is 6. The minimum Gasteiger partial charge on any atom is -0.507 e. The highest BCUT2D eigenvalue weighted by Crippen LogP contribution is 2.61. The first-order valence-electron chi connectivity index (χ1n) is 3.36. The predicted molar refractivity (Wildman–Crippen MR) is 33.9 cm³/mol. The smallest absolute Gasteiger partial charge is 0.353 e. The Hall–Kier alpha value is -1.10. The summed E-state index contributed by atoms with van der Waals surface area (Å²) in [6, 6.07) is 0. The second kappa shape index (κ2) is 2.70. The Morgan fingerprint density at radius 2 is 1.64 bits per heavy atom. The quantitative estimate of drug-likeness (QED) is 0.407. The van der Waals surface area contributed by atoms with E-state index in [1.54, 1.807) is 0 Å². The summed E-state index contributed by atoms with van der Waals surface area (Å²) in [7, 11) is 0. The molecule has 1 fully saturated rings. The molecule has 0 radical (unpaired) electrons. The van der Waals surface area contributed by atoms with Gasteiger partial charge >= 0.3 is 11.8 Å². The van der Waals surface area contributed by atoms with Crippen LogP contribution in [0.25, 0.3) is 0 Å². The fraction of sp³-hybridized carbons (Fsp3) is 0.571. The summed E-state index contributed by atoms with van der Waals surface area (Å²) in [4.78, 5) is 0. The normalized spacial score (nSPS) is 38.0. The van der Waals surface area contributed by atoms with E-state index in [2.05, 4.69) is 0 Å². The van der Waals surface area contributed by atoms with E-state index in [1.807, 2.05) is 0 Å². The molecule has 0 aromatic heterocycles. The first kappa shape index (κ1) is 11.0. The summed E-state index contributed by atoms with van der Waals surface area (Å²) in [6.45, 7) is 0. The van der Waals surface area contributed by atoms with E-state index in [0.717, 1.165) is 0 Å². The van der Waals surface area contributed by atoms with Gasteiger partial charge in [0.1, 0.15) is 6.26 Å². The molecule has 2 atom stereocenters. The third kappa shape index (κ3) is 0.930. The third-order valence-electron chi connectivity index (χ3n) is 1.95. The van der Waals surface area contributed by atoms with Crippen molar-refractivity contribution in [1.82, 2.24) is 0 Å². The Morgan fingerprint density at radius 1 is 1.14 bits per heavy atom. The molecule has 0 amide bonds. The van der Waals surface area contributed by atoms with Crippen LogP contribution in [0.5, 0.6) is 0 Å². The van der Waals surface area contributed by atoms with Crippen molar-refractivity contribution in [2.45, 2.75) is 23.7 Å². The first-order valence-corrected chi connectivity index (χ1v) is 3.36. The zero-order valence-electron chi connectivity index (χ0n) is 6.45. The SMILES string of the molecule is OC=C=CC1(F)C(F)C(F)(F)C1(F)F. The number of rotatable bonds is 1. The van der Waals surface area contributed by atoms with Crippen molar-refractivity contribution in [2.75, 3.05) is 0 Å². The van der Waals surface area contributed by atoms with Crippen molar-refractivity contribution in [1.29, 1.82) is 0 Å². The Labute approximate surface area is 74.3 Å². The van der Waals surface area contributed by atoms with Crippen LogP contribution in [0.3, 0.4) is 0 Å². The molecule has 0 aromatic rings. The van der Waals surface area contributed by atoms with Crippen LogP contribution < -0.4 is 0 Å². The van der Waals surface area contributed by atoms with E-state index in [1.165, 1.54) is 5.73 Å². The Morgan fingerprint density at radius 3 is 2.00 bits per heavy atom. The van der Waals surface area contributed by atoms with Crippen molar-refractivity contribution in [3.8, 4) is 0 Å². The lowest BCUT2D eigenvalue weighted by Crippen LogP contribution is -2.77. The molecule has 0 aliphatic heterocycles. The molecule has 1 N–H and O–H groups in total. The standard InChI is InChI=1S/C7H4F6O/c8-4-5(9,2-1-3-14)7(12,13)6(4,10)11/h2-4,14H. The van der Waals surface area contributed by atoms with Gasteiger partial charge in [0.25, 0.3) is 0 Å². The summed E-state index contributed by atoms with van der Waals surface area (Å²) < 4.78 is 74.4. The van der Waals surface area contributed by atoms with Crippen molar-refractivity contribution >= 4 is 0 Å². The zero-order valence-corrected chi connectivity index (χ0v) is 6.45. The summed E-state index contributed by atoms with van der Waals surface area (Å²) in [5.41, 5.74) is -2.72. The Bertz CT molecular complexity index is 305. The fourth-order valence-electron chi connectivity index (χ4n) is 1.08. The highest BCUT2D eigenvalue weighted by Gasteiger charge is 2.89. The monoisotopic (exact) mass is 218 g/mol. The molecule has 1 aliphatic carbocycles. The van der Waals surface area contributed by atoms with Gasteiger partial charge in [-0.05, 0) is 0 Å². The lowest BCUT2D eigenvalue weighted by atomic mass is 9.71. The van der Waals surface area contributed by atoms with Crippen LogP contribution in [0.2, 0.25) is 0 Å². The number of allylic oxidation sites excluding steroid dienone is 1. The van der Waals surface area contributed by atoms with Crippen LogP contribution in [0, 0.1) is 0 Å². The van der Waals surface area contributed by atoms with Crippen LogP contribution in [0.4, 0.5) is 26.3 Å². The van der Waals surface area contributed by atoms with Gasteiger partial charge in [0, 0.05) is 6.08 Å². The maximum Gasteiger partial charge on any atom is 0.353 e. The maximum atomic E-state index is 12.9. The second-order valence-corrected chi connectivity index (χ2v) is 2.77. The van der Waals surface area contributed by atoms with E-state index in [9.17, 15) is 26.3 Å². The largest absolute Gasteiger partial charge is 0.507 e. The van der Waals surface area contributed by atoms with Crippen LogP contribution in [-0.2, 0) is 0 Å². The minimum absolute atomic E-state index is 0.0145. The molecule has 0 aromatic carbocycles. The van der Waals surface area contributed by atoms with E-state index in [-0.39, 0.29) is 12.3 Å². The second-order valence-electron chi connectivity index (χ2n) is 2.77. The first-order chi connectivity index (χ1) is 6.22. The van der Waals surface area contributed by atoms with Crippen molar-refractivity contribution in [2.24, 2.45) is 0 Å². The van der Waals surface area contributed by atoms with Gasteiger partial charge in [0.2, 0.25) is 11.8 Å². The van der Waals surface area contributed by atoms with Gasteiger partial charge in [0.05, 0.1) is 0 Å². The number of hydrogen-bond donors (Lipinski definition) is 1. The van der Waals surface area contributed by atoms with Gasteiger partial charge in [-0.15, -0.1) is 0 Å². The highest BCUT2D eigenvalue weighted by atomic mass is 19.3. The molecule has 1 rings (SSSR count). The molecule has 0 bridgehead atoms. The summed E-state index contributed by atoms with van der Waals surface area (Å²) >= 11 is 0. The fourth-order valence-corrected chi connectivity index (χ4v) is 1.08. The predicted octanol–water partition coefficient (Wildman–Crippen LogP) is 2.54. The number of hydrogen-bond acceptors (Lipinski definition) is 1. The summed E-state index contributed by atoms with van der Waals surface area (Å²) in [6.07, 6.45) is -3.88. The molecule has 14 heavy (non-hydrogen) atoms. The average Bonchev–Trinajstić information content (AvgIpc) is 2.11. The Balaban J connectivity index is 3.11. The topological polar surface area (TPSA) is 20.2 Å². The molecule has 80 valence electrons. The van der Waals surface area contributed by atoms with Gasteiger partial charge in [-0.1, -0.05) is 5.73 Å². The molecule has 7 heteroatoms. The van der Waals surface area contributed by atoms with Gasteiger partial charge in [-0.3, -0.25) is 0 Å². The van der Waals surface area contributed by atoms with Gasteiger partial charge in [-0.2, -0.15) is 17.6 Å². The van der Waals surface area contributed by atoms with Gasteiger partial charge in [-0.25, -0.2) is 8.78 Å².